The van der Waals surface area contributed by atoms with Crippen molar-refractivity contribution in [2.45, 2.75) is 33.7 Å². The average Bonchev–Trinajstić information content (AvgIpc) is 2.36. The van der Waals surface area contributed by atoms with Crippen LogP contribution in [0, 0.1) is 20.8 Å². The van der Waals surface area contributed by atoms with Gasteiger partial charge in [-0.15, -0.1) is 0 Å². The van der Waals surface area contributed by atoms with Crippen molar-refractivity contribution in [2.24, 2.45) is 0 Å². The maximum Gasteiger partial charge on any atom is 0.0592 e. The molecule has 1 aromatic heterocycles. The monoisotopic (exact) mass is 254 g/mol. The number of aromatic nitrogens is 1. The highest BCUT2D eigenvalue weighted by Gasteiger charge is 2.13. The van der Waals surface area contributed by atoms with Gasteiger partial charge in [0.05, 0.1) is 6.04 Å². The maximum absolute atomic E-state index is 4.41. The minimum absolute atomic E-state index is 0.219. The van der Waals surface area contributed by atoms with Crippen LogP contribution < -0.4 is 5.32 Å². The van der Waals surface area contributed by atoms with Crippen LogP contribution in [0.4, 0.5) is 0 Å². The largest absolute Gasteiger partial charge is 0.306 e. The molecule has 1 N–H and O–H groups in total. The van der Waals surface area contributed by atoms with E-state index in [0.29, 0.717) is 0 Å². The van der Waals surface area contributed by atoms with Gasteiger partial charge in [-0.05, 0) is 44.5 Å². The summed E-state index contributed by atoms with van der Waals surface area (Å²) in [5.74, 6) is 0. The molecule has 2 heteroatoms. The van der Waals surface area contributed by atoms with E-state index in [1.165, 1.54) is 22.3 Å². The number of pyridine rings is 1. The number of hydrogen-bond donors (Lipinski definition) is 1. The van der Waals surface area contributed by atoms with Gasteiger partial charge in [0.2, 0.25) is 0 Å². The van der Waals surface area contributed by atoms with Crippen LogP contribution in [-0.4, -0.2) is 11.5 Å². The summed E-state index contributed by atoms with van der Waals surface area (Å²) in [7, 11) is 0. The number of nitrogens with one attached hydrogen (secondary N) is 1. The van der Waals surface area contributed by atoms with Crippen LogP contribution in [0.15, 0.2) is 36.5 Å². The highest BCUT2D eigenvalue weighted by atomic mass is 14.9. The van der Waals surface area contributed by atoms with E-state index < -0.39 is 0 Å². The van der Waals surface area contributed by atoms with E-state index >= 15 is 0 Å². The highest BCUT2D eigenvalue weighted by molar-refractivity contribution is 5.36. The van der Waals surface area contributed by atoms with Gasteiger partial charge in [0.1, 0.15) is 0 Å². The van der Waals surface area contributed by atoms with Gasteiger partial charge in [-0.2, -0.15) is 0 Å². The zero-order chi connectivity index (χ0) is 13.8. The Hall–Kier alpha value is -1.67. The molecule has 19 heavy (non-hydrogen) atoms. The molecular formula is C17H22N2. The first-order chi connectivity index (χ1) is 9.10. The van der Waals surface area contributed by atoms with Crippen LogP contribution >= 0.6 is 0 Å². The van der Waals surface area contributed by atoms with Crippen molar-refractivity contribution in [3.8, 4) is 0 Å². The molecule has 0 bridgehead atoms. The first-order valence-corrected chi connectivity index (χ1v) is 6.84. The van der Waals surface area contributed by atoms with Crippen LogP contribution in [0.5, 0.6) is 0 Å². The van der Waals surface area contributed by atoms with E-state index in [1.807, 2.05) is 13.1 Å². The van der Waals surface area contributed by atoms with Crippen molar-refractivity contribution in [3.05, 3.63) is 64.5 Å². The van der Waals surface area contributed by atoms with Gasteiger partial charge in [-0.1, -0.05) is 42.3 Å². The molecule has 2 aromatic rings. The van der Waals surface area contributed by atoms with Crippen LogP contribution in [0.2, 0.25) is 0 Å². The summed E-state index contributed by atoms with van der Waals surface area (Å²) in [6.45, 7) is 9.38. The van der Waals surface area contributed by atoms with Crippen molar-refractivity contribution in [1.29, 1.82) is 0 Å². The number of hydrogen-bond acceptors (Lipinski definition) is 2. The second-order valence-corrected chi connectivity index (χ2v) is 5.14. The molecule has 100 valence electrons. The quantitative estimate of drug-likeness (QED) is 0.899. The molecule has 0 saturated heterocycles. The van der Waals surface area contributed by atoms with E-state index in [0.717, 1.165) is 12.2 Å². The molecule has 1 atom stereocenters. The van der Waals surface area contributed by atoms with Crippen molar-refractivity contribution >= 4 is 0 Å². The Morgan fingerprint density at radius 2 is 1.68 bits per heavy atom. The lowest BCUT2D eigenvalue weighted by Gasteiger charge is -2.20. The third kappa shape index (κ3) is 3.42. The predicted octanol–water partition coefficient (Wildman–Crippen LogP) is 3.71. The number of benzene rings is 1. The van der Waals surface area contributed by atoms with Crippen molar-refractivity contribution < 1.29 is 0 Å². The Morgan fingerprint density at radius 1 is 1.00 bits per heavy atom. The first kappa shape index (κ1) is 13.8. The molecule has 2 nitrogen and oxygen atoms in total. The second kappa shape index (κ2) is 5.98. The zero-order valence-corrected chi connectivity index (χ0v) is 12.2. The average molecular weight is 254 g/mol. The molecule has 0 aliphatic heterocycles. The lowest BCUT2D eigenvalue weighted by atomic mass is 9.96. The normalized spacial score (nSPS) is 12.4. The fourth-order valence-electron chi connectivity index (χ4n) is 2.46. The molecular weight excluding hydrogens is 232 g/mol. The van der Waals surface area contributed by atoms with Gasteiger partial charge in [0.15, 0.2) is 0 Å². The van der Waals surface area contributed by atoms with Gasteiger partial charge in [-0.25, -0.2) is 0 Å². The molecule has 0 spiro atoms. The minimum atomic E-state index is 0.219. The summed E-state index contributed by atoms with van der Waals surface area (Å²) in [6.07, 6.45) is 1.97. The van der Waals surface area contributed by atoms with Gasteiger partial charge in [0.25, 0.3) is 0 Å². The van der Waals surface area contributed by atoms with Crippen molar-refractivity contribution in [1.82, 2.24) is 10.3 Å². The van der Waals surface area contributed by atoms with Crippen molar-refractivity contribution in [2.75, 3.05) is 6.54 Å². The third-order valence-electron chi connectivity index (χ3n) is 3.25. The number of nitrogens with zero attached hydrogens (tertiary/aromatic N) is 1. The molecule has 1 unspecified atom stereocenters. The lowest BCUT2D eigenvalue weighted by Crippen LogP contribution is -2.22. The van der Waals surface area contributed by atoms with Gasteiger partial charge in [0, 0.05) is 11.9 Å². The Kier molecular flexibility index (Phi) is 4.33. The first-order valence-electron chi connectivity index (χ1n) is 6.84. The van der Waals surface area contributed by atoms with E-state index in [9.17, 15) is 0 Å². The third-order valence-corrected chi connectivity index (χ3v) is 3.25. The second-order valence-electron chi connectivity index (χ2n) is 5.14. The SMILES string of the molecule is CCNC(c1ccc(C)nc1)c1cc(C)cc(C)c1. The molecule has 0 radical (unpaired) electrons. The molecule has 0 aliphatic carbocycles. The van der Waals surface area contributed by atoms with Crippen LogP contribution in [0.3, 0.4) is 0 Å². The van der Waals surface area contributed by atoms with Crippen LogP contribution in [0.25, 0.3) is 0 Å². The maximum atomic E-state index is 4.41. The highest BCUT2D eigenvalue weighted by Crippen LogP contribution is 2.23. The smallest absolute Gasteiger partial charge is 0.0592 e. The van der Waals surface area contributed by atoms with E-state index in [4.69, 9.17) is 0 Å². The molecule has 0 aliphatic rings. The fourth-order valence-corrected chi connectivity index (χ4v) is 2.46. The molecule has 0 amide bonds. The Labute approximate surface area is 115 Å². The van der Waals surface area contributed by atoms with E-state index in [-0.39, 0.29) is 6.04 Å². The van der Waals surface area contributed by atoms with Gasteiger partial charge >= 0.3 is 0 Å². The summed E-state index contributed by atoms with van der Waals surface area (Å²) in [5.41, 5.74) is 6.19. The Bertz CT molecular complexity index is 523. The lowest BCUT2D eigenvalue weighted by molar-refractivity contribution is 0.627. The van der Waals surface area contributed by atoms with Gasteiger partial charge < -0.3 is 5.32 Å². The standard InChI is InChI=1S/C17H22N2/c1-5-18-17(15-7-6-14(4)19-11-15)16-9-12(2)8-13(3)10-16/h6-11,17-18H,5H2,1-4H3. The fraction of sp³-hybridized carbons (Fsp3) is 0.353. The minimum Gasteiger partial charge on any atom is -0.306 e. The Morgan fingerprint density at radius 3 is 2.21 bits per heavy atom. The summed E-state index contributed by atoms with van der Waals surface area (Å²) < 4.78 is 0. The van der Waals surface area contributed by atoms with E-state index in [2.05, 4.69) is 61.4 Å². The number of rotatable bonds is 4. The molecule has 2 rings (SSSR count). The van der Waals surface area contributed by atoms with Gasteiger partial charge in [-0.3, -0.25) is 4.98 Å². The summed E-state index contributed by atoms with van der Waals surface area (Å²) in [6, 6.07) is 11.2. The van der Waals surface area contributed by atoms with Crippen LogP contribution in [-0.2, 0) is 0 Å². The predicted molar refractivity (Wildman–Crippen MR) is 80.4 cm³/mol. The van der Waals surface area contributed by atoms with E-state index in [1.54, 1.807) is 0 Å². The zero-order valence-electron chi connectivity index (χ0n) is 12.2. The molecule has 0 saturated carbocycles. The van der Waals surface area contributed by atoms with Crippen molar-refractivity contribution in [3.63, 3.8) is 0 Å². The summed E-state index contributed by atoms with van der Waals surface area (Å²) in [4.78, 5) is 4.41. The topological polar surface area (TPSA) is 24.9 Å². The molecule has 1 heterocycles. The van der Waals surface area contributed by atoms with Crippen LogP contribution in [0.1, 0.15) is 40.9 Å². The molecule has 0 fully saturated rings. The Balaban J connectivity index is 2.41. The number of aryl methyl sites for hydroxylation is 3. The summed E-state index contributed by atoms with van der Waals surface area (Å²) in [5, 5.41) is 3.55. The summed E-state index contributed by atoms with van der Waals surface area (Å²) >= 11 is 0. The molecule has 1 aromatic carbocycles.